The number of hydrogen-bond acceptors (Lipinski definition) is 1. The van der Waals surface area contributed by atoms with Gasteiger partial charge in [-0.05, 0) is 42.8 Å². The number of benzene rings is 1. The third kappa shape index (κ3) is 1.56. The summed E-state index contributed by atoms with van der Waals surface area (Å²) in [5, 5.41) is 1.11. The molecule has 15 heavy (non-hydrogen) atoms. The van der Waals surface area contributed by atoms with Crippen molar-refractivity contribution >= 4 is 10.9 Å². The highest BCUT2D eigenvalue weighted by Gasteiger charge is 2.04. The minimum absolute atomic E-state index is 0.0128. The van der Waals surface area contributed by atoms with Crippen LogP contribution < -0.4 is 5.56 Å². The summed E-state index contributed by atoms with van der Waals surface area (Å²) in [4.78, 5) is 14.5. The van der Waals surface area contributed by atoms with Crippen molar-refractivity contribution < 1.29 is 0 Å². The lowest BCUT2D eigenvalue weighted by atomic mass is 10.0. The normalized spacial score (nSPS) is 10.9. The van der Waals surface area contributed by atoms with Crippen LogP contribution in [0.3, 0.4) is 0 Å². The predicted molar refractivity (Wildman–Crippen MR) is 63.4 cm³/mol. The molecule has 0 bridgehead atoms. The molecule has 0 aliphatic carbocycles. The number of pyridine rings is 1. The molecule has 2 heteroatoms. The summed E-state index contributed by atoms with van der Waals surface area (Å²) in [7, 11) is 0. The molecular formula is C13H15NO. The van der Waals surface area contributed by atoms with E-state index < -0.39 is 0 Å². The van der Waals surface area contributed by atoms with Gasteiger partial charge in [-0.3, -0.25) is 4.79 Å². The smallest absolute Gasteiger partial charge is 0.251 e. The van der Waals surface area contributed by atoms with E-state index in [0.29, 0.717) is 0 Å². The number of nitrogens with one attached hydrogen (secondary N) is 1. The summed E-state index contributed by atoms with van der Waals surface area (Å²) >= 11 is 0. The van der Waals surface area contributed by atoms with E-state index >= 15 is 0 Å². The highest BCUT2D eigenvalue weighted by atomic mass is 16.1. The number of aromatic nitrogens is 1. The molecule has 2 aromatic rings. The standard InChI is InChI=1S/C13H15NO/c1-4-10-5-6-11-7-8(2)13(15)14-12(11)9(10)3/h5-7H,4H2,1-3H3,(H,14,15). The number of aryl methyl sites for hydroxylation is 3. The molecule has 78 valence electrons. The van der Waals surface area contributed by atoms with Crippen LogP contribution in [0.4, 0.5) is 0 Å². The van der Waals surface area contributed by atoms with Gasteiger partial charge in [-0.25, -0.2) is 0 Å². The summed E-state index contributed by atoms with van der Waals surface area (Å²) in [5.41, 5.74) is 4.24. The maximum Gasteiger partial charge on any atom is 0.251 e. The highest BCUT2D eigenvalue weighted by Crippen LogP contribution is 2.19. The molecule has 0 saturated carbocycles. The fourth-order valence-electron chi connectivity index (χ4n) is 1.96. The first kappa shape index (κ1) is 9.97. The van der Waals surface area contributed by atoms with Crippen molar-refractivity contribution in [2.75, 3.05) is 0 Å². The van der Waals surface area contributed by atoms with Crippen LogP contribution in [0.15, 0.2) is 23.0 Å². The second-order valence-corrected chi connectivity index (χ2v) is 3.95. The molecule has 0 unspecified atom stereocenters. The van der Waals surface area contributed by atoms with E-state index in [0.717, 1.165) is 22.9 Å². The Hall–Kier alpha value is -1.57. The van der Waals surface area contributed by atoms with E-state index in [9.17, 15) is 4.79 Å². The van der Waals surface area contributed by atoms with Crippen molar-refractivity contribution in [3.8, 4) is 0 Å². The van der Waals surface area contributed by atoms with Crippen LogP contribution in [0.5, 0.6) is 0 Å². The summed E-state index contributed by atoms with van der Waals surface area (Å²) in [6, 6.07) is 6.15. The Balaban J connectivity index is 2.87. The summed E-state index contributed by atoms with van der Waals surface area (Å²) in [6.07, 6.45) is 0.998. The van der Waals surface area contributed by atoms with Crippen LogP contribution in [-0.4, -0.2) is 4.98 Å². The molecule has 1 N–H and O–H groups in total. The topological polar surface area (TPSA) is 32.9 Å². The zero-order valence-corrected chi connectivity index (χ0v) is 9.35. The van der Waals surface area contributed by atoms with E-state index in [2.05, 4.69) is 31.0 Å². The Bertz CT molecular complexity index is 566. The van der Waals surface area contributed by atoms with Gasteiger partial charge in [0, 0.05) is 5.56 Å². The molecule has 0 radical (unpaired) electrons. The van der Waals surface area contributed by atoms with Crippen molar-refractivity contribution in [2.45, 2.75) is 27.2 Å². The van der Waals surface area contributed by atoms with Gasteiger partial charge in [-0.2, -0.15) is 0 Å². The van der Waals surface area contributed by atoms with Crippen LogP contribution >= 0.6 is 0 Å². The zero-order chi connectivity index (χ0) is 11.0. The first-order valence-corrected chi connectivity index (χ1v) is 5.25. The van der Waals surface area contributed by atoms with Crippen molar-refractivity contribution in [1.82, 2.24) is 4.98 Å². The quantitative estimate of drug-likeness (QED) is 0.756. The van der Waals surface area contributed by atoms with Crippen LogP contribution in [0.1, 0.15) is 23.6 Å². The molecule has 0 saturated heterocycles. The molecule has 2 nitrogen and oxygen atoms in total. The zero-order valence-electron chi connectivity index (χ0n) is 9.35. The van der Waals surface area contributed by atoms with Crippen LogP contribution in [0.2, 0.25) is 0 Å². The van der Waals surface area contributed by atoms with Gasteiger partial charge < -0.3 is 4.98 Å². The van der Waals surface area contributed by atoms with Gasteiger partial charge in [-0.1, -0.05) is 19.1 Å². The third-order valence-electron chi connectivity index (χ3n) is 2.96. The van der Waals surface area contributed by atoms with E-state index in [4.69, 9.17) is 0 Å². The Morgan fingerprint density at radius 2 is 2.00 bits per heavy atom. The van der Waals surface area contributed by atoms with Gasteiger partial charge in [0.05, 0.1) is 5.52 Å². The second-order valence-electron chi connectivity index (χ2n) is 3.95. The molecule has 1 aromatic heterocycles. The van der Waals surface area contributed by atoms with E-state index in [-0.39, 0.29) is 5.56 Å². The minimum atomic E-state index is 0.0128. The Morgan fingerprint density at radius 1 is 1.27 bits per heavy atom. The molecule has 0 atom stereocenters. The number of hydrogen-bond donors (Lipinski definition) is 1. The Labute approximate surface area is 89.0 Å². The van der Waals surface area contributed by atoms with Crippen molar-refractivity contribution in [1.29, 1.82) is 0 Å². The second kappa shape index (κ2) is 3.54. The van der Waals surface area contributed by atoms with Crippen LogP contribution in [-0.2, 0) is 6.42 Å². The van der Waals surface area contributed by atoms with Gasteiger partial charge >= 0.3 is 0 Å². The molecule has 0 aliphatic rings. The molecule has 0 spiro atoms. The average Bonchev–Trinajstić information content (AvgIpc) is 2.22. The summed E-state index contributed by atoms with van der Waals surface area (Å²) < 4.78 is 0. The van der Waals surface area contributed by atoms with Crippen LogP contribution in [0.25, 0.3) is 10.9 Å². The lowest BCUT2D eigenvalue weighted by Crippen LogP contribution is -2.09. The molecule has 0 fully saturated rings. The van der Waals surface area contributed by atoms with Gasteiger partial charge in [0.25, 0.3) is 5.56 Å². The maximum absolute atomic E-state index is 11.5. The molecule has 0 amide bonds. The van der Waals surface area contributed by atoms with Crippen molar-refractivity contribution in [3.05, 3.63) is 45.2 Å². The predicted octanol–water partition coefficient (Wildman–Crippen LogP) is 2.71. The fourth-order valence-corrected chi connectivity index (χ4v) is 1.96. The van der Waals surface area contributed by atoms with E-state index in [1.807, 2.05) is 13.0 Å². The van der Waals surface area contributed by atoms with Crippen molar-refractivity contribution in [3.63, 3.8) is 0 Å². The molecule has 2 rings (SSSR count). The lowest BCUT2D eigenvalue weighted by Gasteiger charge is -2.07. The van der Waals surface area contributed by atoms with Gasteiger partial charge in [0.2, 0.25) is 0 Å². The Morgan fingerprint density at radius 3 is 2.67 bits per heavy atom. The maximum atomic E-state index is 11.5. The number of aromatic amines is 1. The molecule has 0 aliphatic heterocycles. The number of rotatable bonds is 1. The molecule has 1 heterocycles. The first-order chi connectivity index (χ1) is 7.13. The van der Waals surface area contributed by atoms with E-state index in [1.165, 1.54) is 11.1 Å². The summed E-state index contributed by atoms with van der Waals surface area (Å²) in [6.45, 7) is 6.02. The molecular weight excluding hydrogens is 186 g/mol. The van der Waals surface area contributed by atoms with E-state index in [1.54, 1.807) is 0 Å². The van der Waals surface area contributed by atoms with Crippen LogP contribution in [0, 0.1) is 13.8 Å². The first-order valence-electron chi connectivity index (χ1n) is 5.25. The fraction of sp³-hybridized carbons (Fsp3) is 0.308. The third-order valence-corrected chi connectivity index (χ3v) is 2.96. The highest BCUT2D eigenvalue weighted by molar-refractivity contribution is 5.83. The van der Waals surface area contributed by atoms with Gasteiger partial charge in [-0.15, -0.1) is 0 Å². The minimum Gasteiger partial charge on any atom is -0.321 e. The number of H-pyrrole nitrogens is 1. The largest absolute Gasteiger partial charge is 0.321 e. The number of fused-ring (bicyclic) bond motifs is 1. The SMILES string of the molecule is CCc1ccc2cc(C)c(=O)[nH]c2c1C. The molecule has 1 aromatic carbocycles. The monoisotopic (exact) mass is 201 g/mol. The van der Waals surface area contributed by atoms with Gasteiger partial charge in [0.15, 0.2) is 0 Å². The van der Waals surface area contributed by atoms with Crippen molar-refractivity contribution in [2.24, 2.45) is 0 Å². The Kier molecular flexibility index (Phi) is 2.35. The summed E-state index contributed by atoms with van der Waals surface area (Å²) in [5.74, 6) is 0. The van der Waals surface area contributed by atoms with Gasteiger partial charge in [0.1, 0.15) is 0 Å². The lowest BCUT2D eigenvalue weighted by molar-refractivity contribution is 1.11. The average molecular weight is 201 g/mol.